The molecule has 4 bridgehead atoms. The number of rotatable bonds is 6. The van der Waals surface area contributed by atoms with Crippen molar-refractivity contribution in [3.05, 3.63) is 324 Å². The van der Waals surface area contributed by atoms with Crippen LogP contribution in [0.5, 0.6) is 0 Å². The van der Waals surface area contributed by atoms with Crippen molar-refractivity contribution in [1.29, 1.82) is 0 Å². The van der Waals surface area contributed by atoms with Crippen LogP contribution in [-0.4, -0.2) is 29.9 Å². The van der Waals surface area contributed by atoms with E-state index < -0.39 is 34.9 Å². The van der Waals surface area contributed by atoms with Crippen LogP contribution in [0.4, 0.5) is 30.7 Å². The largest absolute Gasteiger partial charge is 3.00 e. The summed E-state index contributed by atoms with van der Waals surface area (Å²) in [4.78, 5) is 25.2. The quantitative estimate of drug-likeness (QED) is 0.122. The number of aryl methyl sites for hydroxylation is 1. The van der Waals surface area contributed by atoms with Gasteiger partial charge in [-0.25, -0.2) is 0 Å². The minimum atomic E-state index is -0.649. The van der Waals surface area contributed by atoms with Gasteiger partial charge in [-0.1, -0.05) is 136 Å². The van der Waals surface area contributed by atoms with E-state index in [0.29, 0.717) is 39.2 Å². The van der Waals surface area contributed by atoms with Gasteiger partial charge in [0, 0.05) is 77.9 Å². The monoisotopic (exact) mass is 1640 g/mol. The molecule has 0 amide bonds. The van der Waals surface area contributed by atoms with Crippen LogP contribution in [0.15, 0.2) is 219 Å². The van der Waals surface area contributed by atoms with Gasteiger partial charge < -0.3 is 29.9 Å². The van der Waals surface area contributed by atoms with E-state index in [1.54, 1.807) is 97.6 Å². The molecular weight excluding hydrogens is 1570 g/mol. The summed E-state index contributed by atoms with van der Waals surface area (Å²) >= 11 is 0. The van der Waals surface area contributed by atoms with Gasteiger partial charge in [-0.3, -0.25) is 30.7 Å². The van der Waals surface area contributed by atoms with E-state index in [1.807, 2.05) is 49.4 Å². The second-order valence-electron chi connectivity index (χ2n) is 24.5. The molecule has 6 aliphatic rings. The Morgan fingerprint density at radius 2 is 0.688 bits per heavy atom. The fraction of sp³-hybridized carbons (Fsp3) is 0.185. The maximum atomic E-state index is 13.5. The Balaban J connectivity index is 0.000000136. The summed E-state index contributed by atoms with van der Waals surface area (Å²) in [6.07, 6.45) is 15.7. The predicted octanol–water partition coefficient (Wildman–Crippen LogP) is 19.9. The van der Waals surface area contributed by atoms with Gasteiger partial charge in [-0.05, 0) is 141 Å². The van der Waals surface area contributed by atoms with Crippen LogP contribution >= 0.6 is 0 Å². The number of hydrogen-bond acceptors (Lipinski definition) is 6. The van der Waals surface area contributed by atoms with Gasteiger partial charge in [0.1, 0.15) is 0 Å². The average Bonchev–Trinajstić information content (AvgIpc) is 0.726. The first-order valence-electron chi connectivity index (χ1n) is 30.8. The zero-order valence-electron chi connectivity index (χ0n) is 52.9. The van der Waals surface area contributed by atoms with Gasteiger partial charge in [0.25, 0.3) is 0 Å². The van der Waals surface area contributed by atoms with Crippen molar-refractivity contribution >= 4 is 0 Å². The van der Waals surface area contributed by atoms with Crippen molar-refractivity contribution in [2.45, 2.75) is 72.1 Å². The minimum absolute atomic E-state index is 0. The molecule has 6 heterocycles. The van der Waals surface area contributed by atoms with Crippen LogP contribution < -0.4 is 0 Å². The molecule has 4 atom stereocenters. The second-order valence-corrected chi connectivity index (χ2v) is 24.5. The molecule has 0 N–H and O–H groups in total. The van der Waals surface area contributed by atoms with Crippen molar-refractivity contribution in [3.8, 4) is 67.5 Å². The van der Waals surface area contributed by atoms with E-state index >= 15 is 0 Å². The predicted molar refractivity (Wildman–Crippen MR) is 352 cm³/mol. The summed E-state index contributed by atoms with van der Waals surface area (Å²) in [5.74, 6) is -0.962. The molecule has 0 spiro atoms. The first kappa shape index (κ1) is 71.3. The van der Waals surface area contributed by atoms with Crippen molar-refractivity contribution < 1.29 is 70.9 Å². The Kier molecular flexibility index (Phi) is 23.9. The van der Waals surface area contributed by atoms with Gasteiger partial charge in [-0.2, -0.15) is 0 Å². The number of halogens is 7. The number of aromatic nitrogens is 6. The van der Waals surface area contributed by atoms with E-state index in [-0.39, 0.29) is 62.7 Å². The summed E-state index contributed by atoms with van der Waals surface area (Å²) in [5.41, 5.74) is 15.1. The van der Waals surface area contributed by atoms with E-state index in [4.69, 9.17) is 0 Å². The molecule has 15 heteroatoms. The summed E-state index contributed by atoms with van der Waals surface area (Å²) in [6.45, 7) is 11.5. The molecule has 6 aromatic carbocycles. The van der Waals surface area contributed by atoms with E-state index in [2.05, 4.69) is 131 Å². The fourth-order valence-corrected chi connectivity index (χ4v) is 12.4. The molecule has 0 radical (unpaired) electrons. The molecule has 6 aromatic heterocycles. The van der Waals surface area contributed by atoms with E-state index in [0.717, 1.165) is 88.1 Å². The summed E-state index contributed by atoms with van der Waals surface area (Å²) in [5, 5.41) is 0. The molecule has 18 rings (SSSR count). The van der Waals surface area contributed by atoms with E-state index in [1.165, 1.54) is 54.0 Å². The second kappa shape index (κ2) is 32.2. The molecule has 2 saturated carbocycles. The maximum absolute atomic E-state index is 13.5. The van der Waals surface area contributed by atoms with E-state index in [9.17, 15) is 30.7 Å². The molecule has 0 aliphatic heterocycles. The molecular formula is C81H63F7Ir2N6. The standard InChI is InChI=1S/2C18H18N.C12H9FN.3C11H6F2N.2Ir/c2*1-18(2)14-8-13-9-17(12-6-4-3-5-7-12)19-11-15(13)16(18)10-14;1-9-5-6-10(11(13)8-9)12-4-2-3-7-14-12;3*12-8-4-5-9(10(13)7-8)11-3-1-2-6-14-11;;/h2*3-6,9,11,14,16H,8,10H2,1-2H3;2-5,7-8H,1H3;3*1-4,6-7H;;/q6*-1;2*+3/t2*14-,16-;;;;;;/m00....../s1. The van der Waals surface area contributed by atoms with Crippen LogP contribution in [0.1, 0.15) is 80.2 Å². The van der Waals surface area contributed by atoms with Crippen LogP contribution in [0.25, 0.3) is 67.5 Å². The molecule has 6 nitrogen and oxygen atoms in total. The summed E-state index contributed by atoms with van der Waals surface area (Å²) < 4.78 is 90.9. The van der Waals surface area contributed by atoms with Crippen LogP contribution in [0, 0.1) is 107 Å². The Morgan fingerprint density at radius 3 is 0.969 bits per heavy atom. The smallest absolute Gasteiger partial charge is 0.305 e. The first-order valence-corrected chi connectivity index (χ1v) is 30.8. The number of nitrogens with zero attached hydrogens (tertiary/aromatic N) is 6. The first-order chi connectivity index (χ1) is 45.4. The minimum Gasteiger partial charge on any atom is -0.305 e. The van der Waals surface area contributed by atoms with Gasteiger partial charge in [0.2, 0.25) is 0 Å². The zero-order valence-corrected chi connectivity index (χ0v) is 57.7. The Labute approximate surface area is 583 Å². The Morgan fingerprint density at radius 1 is 0.365 bits per heavy atom. The normalized spacial score (nSPS) is 16.4. The van der Waals surface area contributed by atoms with Crippen LogP contribution in [0.2, 0.25) is 0 Å². The molecule has 484 valence electrons. The third-order valence-corrected chi connectivity index (χ3v) is 17.9. The molecule has 6 aliphatic carbocycles. The van der Waals surface area contributed by atoms with Crippen molar-refractivity contribution in [1.82, 2.24) is 29.9 Å². The number of hydrogen-bond donors (Lipinski definition) is 0. The third kappa shape index (κ3) is 16.8. The molecule has 12 aromatic rings. The topological polar surface area (TPSA) is 77.3 Å². The zero-order chi connectivity index (χ0) is 65.9. The molecule has 2 fully saturated rings. The van der Waals surface area contributed by atoms with Crippen molar-refractivity contribution in [3.63, 3.8) is 0 Å². The molecule has 0 saturated heterocycles. The number of pyridine rings is 6. The maximum Gasteiger partial charge on any atom is 3.00 e. The van der Waals surface area contributed by atoms with Gasteiger partial charge in [0.05, 0.1) is 0 Å². The third-order valence-electron chi connectivity index (χ3n) is 17.9. The molecule has 0 unspecified atom stereocenters. The van der Waals surface area contributed by atoms with Gasteiger partial charge in [-0.15, -0.1) is 132 Å². The van der Waals surface area contributed by atoms with Crippen molar-refractivity contribution in [2.75, 3.05) is 0 Å². The van der Waals surface area contributed by atoms with Crippen molar-refractivity contribution in [2.24, 2.45) is 22.7 Å². The van der Waals surface area contributed by atoms with Gasteiger partial charge >= 0.3 is 40.2 Å². The number of benzene rings is 6. The fourth-order valence-electron chi connectivity index (χ4n) is 12.4. The SMILES string of the molecule is CC1(C)[C@H]2Cc3cc(-c4[c-]cccc4)ncc3[C@@H]1C2.CC1(C)[C@H]2Cc3cc(-c4[c-]cccc4)ncc3[C@@H]1C2.Cc1c[c-]c(-c2ccccn2)c(F)c1.Fc1c[c-]c(-c2ccccn2)c(F)c1.Fc1c[c-]c(-c2ccccn2)c(F)c1.Fc1c[c-]c(-c2ccccn2)c(F)c1.[Ir+3].[Ir+3]. The molecule has 96 heavy (non-hydrogen) atoms. The van der Waals surface area contributed by atoms with Crippen LogP contribution in [-0.2, 0) is 53.1 Å². The Bertz CT molecular complexity index is 4060. The summed E-state index contributed by atoms with van der Waals surface area (Å²) in [6, 6.07) is 67.4. The van der Waals surface area contributed by atoms with Crippen LogP contribution in [0.3, 0.4) is 0 Å². The average molecular weight is 1640 g/mol. The summed E-state index contributed by atoms with van der Waals surface area (Å²) in [7, 11) is 0. The van der Waals surface area contributed by atoms with Gasteiger partial charge in [0.15, 0.2) is 0 Å². The Hall–Kier alpha value is -8.97.